The molecular weight excluding hydrogens is 272 g/mol. The Hall–Kier alpha value is -1.23. The highest BCUT2D eigenvalue weighted by Crippen LogP contribution is 2.33. The van der Waals surface area contributed by atoms with Gasteiger partial charge in [0, 0.05) is 11.8 Å². The van der Waals surface area contributed by atoms with Crippen LogP contribution in [0.3, 0.4) is 0 Å². The topological polar surface area (TPSA) is 72.2 Å². The van der Waals surface area contributed by atoms with Crippen LogP contribution in [0.5, 0.6) is 0 Å². The lowest BCUT2D eigenvalue weighted by Gasteiger charge is -2.34. The lowest BCUT2D eigenvalue weighted by Crippen LogP contribution is -2.35. The van der Waals surface area contributed by atoms with E-state index < -0.39 is 9.84 Å². The molecule has 0 aliphatic rings. The van der Waals surface area contributed by atoms with Gasteiger partial charge in [0.25, 0.3) is 0 Å². The van der Waals surface area contributed by atoms with Gasteiger partial charge in [-0.2, -0.15) is 0 Å². The second-order valence-corrected chi connectivity index (χ2v) is 9.22. The third-order valence-corrected chi connectivity index (χ3v) is 4.07. The highest BCUT2D eigenvalue weighted by molar-refractivity contribution is 7.90. The molecule has 0 radical (unpaired) electrons. The molecule has 20 heavy (non-hydrogen) atoms. The van der Waals surface area contributed by atoms with E-state index >= 15 is 0 Å². The number of rotatable bonds is 4. The summed E-state index contributed by atoms with van der Waals surface area (Å²) < 4.78 is 23.4. The monoisotopic (exact) mass is 298 g/mol. The summed E-state index contributed by atoms with van der Waals surface area (Å²) in [6.07, 6.45) is 2.10. The normalized spacial score (nSPS) is 13.3. The zero-order valence-electron chi connectivity index (χ0n) is 13.2. The molecule has 0 atom stereocenters. The van der Waals surface area contributed by atoms with Crippen LogP contribution < -0.4 is 11.1 Å². The lowest BCUT2D eigenvalue weighted by molar-refractivity contribution is 0.302. The largest absolute Gasteiger partial charge is 0.396 e. The first-order chi connectivity index (χ1) is 8.82. The van der Waals surface area contributed by atoms with Crippen LogP contribution in [0.2, 0.25) is 0 Å². The number of nitrogens with two attached hydrogens (primary N) is 1. The Morgan fingerprint density at radius 2 is 1.70 bits per heavy atom. The summed E-state index contributed by atoms with van der Waals surface area (Å²) in [5, 5.41) is 3.37. The number of nitrogen functional groups attached to an aromatic ring is 1. The Kier molecular flexibility index (Phi) is 4.44. The average molecular weight is 298 g/mol. The number of hydrogen-bond acceptors (Lipinski definition) is 4. The van der Waals surface area contributed by atoms with Crippen LogP contribution in [0.4, 0.5) is 11.4 Å². The Morgan fingerprint density at radius 1 is 1.15 bits per heavy atom. The fourth-order valence-electron chi connectivity index (χ4n) is 2.71. The van der Waals surface area contributed by atoms with E-state index in [4.69, 9.17) is 5.73 Å². The van der Waals surface area contributed by atoms with Crippen LogP contribution >= 0.6 is 0 Å². The first kappa shape index (κ1) is 16.8. The molecule has 0 aliphatic heterocycles. The zero-order chi connectivity index (χ0) is 15.8. The van der Waals surface area contributed by atoms with E-state index in [-0.39, 0.29) is 21.5 Å². The van der Waals surface area contributed by atoms with Crippen molar-refractivity contribution >= 4 is 21.2 Å². The summed E-state index contributed by atoms with van der Waals surface area (Å²) in [6, 6.07) is 5.06. The molecule has 4 nitrogen and oxygen atoms in total. The third-order valence-electron chi connectivity index (χ3n) is 2.91. The molecule has 0 aromatic heterocycles. The molecule has 0 heterocycles. The fourth-order valence-corrected chi connectivity index (χ4v) is 3.55. The van der Waals surface area contributed by atoms with Gasteiger partial charge in [-0.25, -0.2) is 8.42 Å². The van der Waals surface area contributed by atoms with Gasteiger partial charge in [-0.3, -0.25) is 0 Å². The number of sulfone groups is 1. The summed E-state index contributed by atoms with van der Waals surface area (Å²) in [5.74, 6) is 0. The van der Waals surface area contributed by atoms with E-state index in [2.05, 4.69) is 39.9 Å². The molecule has 0 saturated carbocycles. The smallest absolute Gasteiger partial charge is 0.177 e. The van der Waals surface area contributed by atoms with Gasteiger partial charge >= 0.3 is 0 Å². The van der Waals surface area contributed by atoms with Crippen molar-refractivity contribution in [3.05, 3.63) is 18.2 Å². The summed E-state index contributed by atoms with van der Waals surface area (Å²) in [4.78, 5) is 0.175. The van der Waals surface area contributed by atoms with Crippen LogP contribution in [-0.2, 0) is 9.84 Å². The van der Waals surface area contributed by atoms with E-state index in [0.29, 0.717) is 5.69 Å². The standard InChI is InChI=1S/C15H26N2O2S/c1-14(2,3)10-15(4,5)17-11-8-7-9-12(13(11)16)20(6,18)19/h7-9,17H,10,16H2,1-6H3. The van der Waals surface area contributed by atoms with Crippen LogP contribution in [0, 0.1) is 5.41 Å². The van der Waals surface area contributed by atoms with E-state index in [1.807, 2.05) is 6.07 Å². The summed E-state index contributed by atoms with van der Waals surface area (Å²) in [5.41, 5.74) is 6.94. The molecule has 0 amide bonds. The summed E-state index contributed by atoms with van der Waals surface area (Å²) >= 11 is 0. The predicted octanol–water partition coefficient (Wildman–Crippen LogP) is 3.30. The maximum Gasteiger partial charge on any atom is 0.177 e. The van der Waals surface area contributed by atoms with Crippen LogP contribution in [-0.4, -0.2) is 20.2 Å². The van der Waals surface area contributed by atoms with Crippen molar-refractivity contribution in [1.29, 1.82) is 0 Å². The first-order valence-corrected chi connectivity index (χ1v) is 8.58. The fraction of sp³-hybridized carbons (Fsp3) is 0.600. The maximum absolute atomic E-state index is 11.7. The summed E-state index contributed by atoms with van der Waals surface area (Å²) in [7, 11) is -3.31. The zero-order valence-corrected chi connectivity index (χ0v) is 14.1. The van der Waals surface area contributed by atoms with Crippen molar-refractivity contribution in [3.8, 4) is 0 Å². The quantitative estimate of drug-likeness (QED) is 0.837. The van der Waals surface area contributed by atoms with Gasteiger partial charge in [0.2, 0.25) is 0 Å². The van der Waals surface area contributed by atoms with Crippen LogP contribution in [0.1, 0.15) is 41.0 Å². The van der Waals surface area contributed by atoms with E-state index in [0.717, 1.165) is 6.42 Å². The SMILES string of the molecule is CC(C)(C)CC(C)(C)Nc1cccc(S(C)(=O)=O)c1N. The molecule has 0 aliphatic carbocycles. The van der Waals surface area contributed by atoms with Gasteiger partial charge in [-0.1, -0.05) is 26.8 Å². The molecule has 1 aromatic rings. The molecule has 0 fully saturated rings. The van der Waals surface area contributed by atoms with Gasteiger partial charge in [0.15, 0.2) is 9.84 Å². The molecule has 5 heteroatoms. The van der Waals surface area contributed by atoms with E-state index in [1.54, 1.807) is 6.07 Å². The summed E-state index contributed by atoms with van der Waals surface area (Å²) in [6.45, 7) is 10.7. The lowest BCUT2D eigenvalue weighted by atomic mass is 9.81. The van der Waals surface area contributed by atoms with Crippen molar-refractivity contribution in [1.82, 2.24) is 0 Å². The van der Waals surface area contributed by atoms with E-state index in [9.17, 15) is 8.42 Å². The van der Waals surface area contributed by atoms with Crippen molar-refractivity contribution in [2.24, 2.45) is 5.41 Å². The molecule has 114 valence electrons. The first-order valence-electron chi connectivity index (χ1n) is 6.69. The average Bonchev–Trinajstić information content (AvgIpc) is 2.15. The Labute approximate surface area is 122 Å². The van der Waals surface area contributed by atoms with Gasteiger partial charge < -0.3 is 11.1 Å². The molecule has 0 unspecified atom stereocenters. The predicted molar refractivity (Wildman–Crippen MR) is 85.7 cm³/mol. The second kappa shape index (κ2) is 5.28. The number of benzene rings is 1. The van der Waals surface area contributed by atoms with Gasteiger partial charge in [-0.15, -0.1) is 0 Å². The minimum absolute atomic E-state index is 0.166. The molecule has 1 aromatic carbocycles. The highest BCUT2D eigenvalue weighted by atomic mass is 32.2. The minimum Gasteiger partial charge on any atom is -0.396 e. The number of hydrogen-bond donors (Lipinski definition) is 2. The Morgan fingerprint density at radius 3 is 2.15 bits per heavy atom. The molecular formula is C15H26N2O2S. The van der Waals surface area contributed by atoms with Gasteiger partial charge in [-0.05, 0) is 37.8 Å². The third kappa shape index (κ3) is 4.71. The number of anilines is 2. The van der Waals surface area contributed by atoms with Crippen molar-refractivity contribution in [2.45, 2.75) is 51.5 Å². The Balaban J connectivity index is 3.11. The second-order valence-electron chi connectivity index (χ2n) is 7.24. The molecule has 3 N–H and O–H groups in total. The Bertz CT molecular complexity index is 584. The molecule has 0 bridgehead atoms. The van der Waals surface area contributed by atoms with Crippen LogP contribution in [0.25, 0.3) is 0 Å². The van der Waals surface area contributed by atoms with Gasteiger partial charge in [0.05, 0.1) is 16.3 Å². The van der Waals surface area contributed by atoms with Crippen molar-refractivity contribution in [3.63, 3.8) is 0 Å². The molecule has 0 spiro atoms. The number of nitrogens with one attached hydrogen (secondary N) is 1. The molecule has 0 saturated heterocycles. The van der Waals surface area contributed by atoms with Crippen LogP contribution in [0.15, 0.2) is 23.1 Å². The van der Waals surface area contributed by atoms with Crippen molar-refractivity contribution < 1.29 is 8.42 Å². The highest BCUT2D eigenvalue weighted by Gasteiger charge is 2.26. The van der Waals surface area contributed by atoms with Crippen molar-refractivity contribution in [2.75, 3.05) is 17.3 Å². The molecule has 1 rings (SSSR count). The maximum atomic E-state index is 11.7. The number of para-hydroxylation sites is 1. The minimum atomic E-state index is -3.31. The van der Waals surface area contributed by atoms with Gasteiger partial charge in [0.1, 0.15) is 0 Å². The van der Waals surface area contributed by atoms with E-state index in [1.165, 1.54) is 12.3 Å².